The number of fused-ring (bicyclic) bond motifs is 1. The maximum Gasteiger partial charge on any atom is 0.180 e. The Bertz CT molecular complexity index is 1380. The van der Waals surface area contributed by atoms with Crippen LogP contribution in [0.3, 0.4) is 0 Å². The number of rotatable bonds is 6. The van der Waals surface area contributed by atoms with Gasteiger partial charge in [-0.05, 0) is 48.0 Å². The summed E-state index contributed by atoms with van der Waals surface area (Å²) in [6, 6.07) is 15.7. The van der Waals surface area contributed by atoms with Crippen LogP contribution >= 0.6 is 11.6 Å². The normalized spacial score (nSPS) is 11.4. The average Bonchev–Trinajstić information content (AvgIpc) is 3.20. The molecule has 0 unspecified atom stereocenters. The molecule has 0 aliphatic heterocycles. The van der Waals surface area contributed by atoms with Crippen molar-refractivity contribution < 1.29 is 18.3 Å². The number of H-pyrrole nitrogens is 1. The van der Waals surface area contributed by atoms with Crippen molar-refractivity contribution in [2.45, 2.75) is 6.61 Å². The van der Waals surface area contributed by atoms with Gasteiger partial charge in [-0.3, -0.25) is 0 Å². The topological polar surface area (TPSA) is 70.9 Å². The molecule has 0 saturated heterocycles. The highest BCUT2D eigenvalue weighted by Gasteiger charge is 2.15. The zero-order valence-corrected chi connectivity index (χ0v) is 17.6. The van der Waals surface area contributed by atoms with Gasteiger partial charge in [-0.25, -0.2) is 13.8 Å². The van der Waals surface area contributed by atoms with Crippen LogP contribution in [0.2, 0.25) is 5.02 Å². The van der Waals surface area contributed by atoms with E-state index in [1.165, 1.54) is 31.4 Å². The van der Waals surface area contributed by atoms with Crippen LogP contribution in [0, 0.1) is 23.0 Å². The molecule has 32 heavy (non-hydrogen) atoms. The van der Waals surface area contributed by atoms with Crippen molar-refractivity contribution in [3.63, 3.8) is 0 Å². The molecule has 4 aromatic rings. The van der Waals surface area contributed by atoms with Crippen molar-refractivity contribution in [3.8, 4) is 17.6 Å². The van der Waals surface area contributed by atoms with E-state index >= 15 is 0 Å². The molecule has 4 rings (SSSR count). The van der Waals surface area contributed by atoms with Crippen LogP contribution in [-0.2, 0) is 6.61 Å². The van der Waals surface area contributed by atoms with E-state index in [2.05, 4.69) is 16.0 Å². The van der Waals surface area contributed by atoms with E-state index < -0.39 is 5.82 Å². The summed E-state index contributed by atoms with van der Waals surface area (Å²) in [5.41, 5.74) is 2.18. The number of aromatic nitrogens is 2. The number of allylic oxidation sites excluding steroid dienone is 1. The van der Waals surface area contributed by atoms with Gasteiger partial charge in [0.2, 0.25) is 0 Å². The number of hydrogen-bond donors (Lipinski definition) is 1. The van der Waals surface area contributed by atoms with Gasteiger partial charge >= 0.3 is 0 Å². The van der Waals surface area contributed by atoms with Gasteiger partial charge in [-0.15, -0.1) is 0 Å². The van der Waals surface area contributed by atoms with E-state index in [1.807, 2.05) is 0 Å². The third-order valence-corrected chi connectivity index (χ3v) is 4.99. The van der Waals surface area contributed by atoms with Gasteiger partial charge < -0.3 is 14.5 Å². The van der Waals surface area contributed by atoms with Crippen molar-refractivity contribution in [1.29, 1.82) is 5.26 Å². The smallest absolute Gasteiger partial charge is 0.180 e. The number of benzene rings is 3. The largest absolute Gasteiger partial charge is 0.493 e. The lowest BCUT2D eigenvalue weighted by molar-refractivity contribution is 0.280. The lowest BCUT2D eigenvalue weighted by Crippen LogP contribution is -2.01. The average molecular weight is 452 g/mol. The van der Waals surface area contributed by atoms with Crippen LogP contribution in [0.25, 0.3) is 22.7 Å². The first-order valence-corrected chi connectivity index (χ1v) is 9.87. The number of hydrogen-bond acceptors (Lipinski definition) is 4. The van der Waals surface area contributed by atoms with Gasteiger partial charge in [0.05, 0.1) is 28.7 Å². The molecule has 0 atom stereocenters. The first-order valence-electron chi connectivity index (χ1n) is 9.49. The lowest BCUT2D eigenvalue weighted by Gasteiger charge is -2.14. The van der Waals surface area contributed by atoms with Gasteiger partial charge in [-0.2, -0.15) is 5.26 Å². The summed E-state index contributed by atoms with van der Waals surface area (Å²) in [5.74, 6) is 0.0867. The van der Waals surface area contributed by atoms with E-state index in [-0.39, 0.29) is 28.8 Å². The molecule has 3 aromatic carbocycles. The second-order valence-corrected chi connectivity index (χ2v) is 7.24. The number of nitriles is 1. The number of nitrogens with zero attached hydrogens (tertiary/aromatic N) is 2. The fourth-order valence-electron chi connectivity index (χ4n) is 3.16. The summed E-state index contributed by atoms with van der Waals surface area (Å²) in [6.07, 6.45) is 1.57. The molecule has 1 heterocycles. The van der Waals surface area contributed by atoms with Gasteiger partial charge in [0.1, 0.15) is 30.1 Å². The molecule has 8 heteroatoms. The van der Waals surface area contributed by atoms with Crippen molar-refractivity contribution in [3.05, 3.63) is 88.2 Å². The zero-order valence-electron chi connectivity index (χ0n) is 16.8. The fraction of sp³-hybridized carbons (Fsp3) is 0.0833. The van der Waals surface area contributed by atoms with Crippen LogP contribution in [0.1, 0.15) is 17.0 Å². The molecule has 0 aliphatic carbocycles. The minimum absolute atomic E-state index is 0.0308. The molecule has 1 aromatic heterocycles. The van der Waals surface area contributed by atoms with Gasteiger partial charge in [0.25, 0.3) is 0 Å². The quantitative estimate of drug-likeness (QED) is 0.357. The van der Waals surface area contributed by atoms with Crippen molar-refractivity contribution >= 4 is 34.3 Å². The Hall–Kier alpha value is -3.89. The fourth-order valence-corrected chi connectivity index (χ4v) is 3.43. The zero-order chi connectivity index (χ0) is 22.7. The van der Waals surface area contributed by atoms with Crippen molar-refractivity contribution in [2.24, 2.45) is 0 Å². The molecule has 0 amide bonds. The number of imidazole rings is 1. The van der Waals surface area contributed by atoms with Gasteiger partial charge in [-0.1, -0.05) is 29.8 Å². The summed E-state index contributed by atoms with van der Waals surface area (Å²) in [7, 11) is 1.45. The summed E-state index contributed by atoms with van der Waals surface area (Å²) >= 11 is 6.40. The molecule has 0 saturated carbocycles. The first-order chi connectivity index (χ1) is 15.5. The minimum Gasteiger partial charge on any atom is -0.493 e. The van der Waals surface area contributed by atoms with E-state index in [0.717, 1.165) is 0 Å². The summed E-state index contributed by atoms with van der Waals surface area (Å²) in [6.45, 7) is -0.0308. The lowest BCUT2D eigenvalue weighted by atomic mass is 10.1. The van der Waals surface area contributed by atoms with E-state index in [9.17, 15) is 14.0 Å². The van der Waals surface area contributed by atoms with Gasteiger partial charge in [0.15, 0.2) is 11.5 Å². The summed E-state index contributed by atoms with van der Waals surface area (Å²) in [4.78, 5) is 7.28. The Morgan fingerprint density at radius 3 is 2.75 bits per heavy atom. The van der Waals surface area contributed by atoms with E-state index in [4.69, 9.17) is 21.1 Å². The van der Waals surface area contributed by atoms with Crippen molar-refractivity contribution in [1.82, 2.24) is 9.97 Å². The second kappa shape index (κ2) is 9.08. The molecule has 1 N–H and O–H groups in total. The van der Waals surface area contributed by atoms with Crippen LogP contribution < -0.4 is 9.47 Å². The molecule has 5 nitrogen and oxygen atoms in total. The highest BCUT2D eigenvalue weighted by molar-refractivity contribution is 6.32. The third-order valence-electron chi connectivity index (χ3n) is 4.71. The molecule has 0 radical (unpaired) electrons. The number of nitrogens with one attached hydrogen (secondary N) is 1. The summed E-state index contributed by atoms with van der Waals surface area (Å²) < 4.78 is 38.4. The Kier molecular flexibility index (Phi) is 6.06. The molecular weight excluding hydrogens is 436 g/mol. The monoisotopic (exact) mass is 451 g/mol. The predicted octanol–water partition coefficient (Wildman–Crippen LogP) is 6.15. The SMILES string of the molecule is COc1cc(/C=C(/C#N)c2nc3ccc(F)cc3[nH]2)cc(Cl)c1OCc1ccccc1F. The van der Waals surface area contributed by atoms with Crippen LogP contribution in [-0.4, -0.2) is 17.1 Å². The Morgan fingerprint density at radius 1 is 1.19 bits per heavy atom. The molecule has 160 valence electrons. The second-order valence-electron chi connectivity index (χ2n) is 6.83. The van der Waals surface area contributed by atoms with E-state index in [0.29, 0.717) is 33.7 Å². The Morgan fingerprint density at radius 2 is 2.00 bits per heavy atom. The van der Waals surface area contributed by atoms with Crippen molar-refractivity contribution in [2.75, 3.05) is 7.11 Å². The van der Waals surface area contributed by atoms with Crippen LogP contribution in [0.4, 0.5) is 8.78 Å². The highest BCUT2D eigenvalue weighted by Crippen LogP contribution is 2.38. The number of ether oxygens (including phenoxy) is 2. The first kappa shape index (κ1) is 21.3. The highest BCUT2D eigenvalue weighted by atomic mass is 35.5. The molecule has 0 spiro atoms. The molecule has 0 aliphatic rings. The molecular formula is C24H16ClF2N3O2. The maximum absolute atomic E-state index is 13.9. The number of aromatic amines is 1. The summed E-state index contributed by atoms with van der Waals surface area (Å²) in [5, 5.41) is 9.86. The predicted molar refractivity (Wildman–Crippen MR) is 118 cm³/mol. The molecule has 0 bridgehead atoms. The van der Waals surface area contributed by atoms with Crippen LogP contribution in [0.5, 0.6) is 11.5 Å². The maximum atomic E-state index is 13.9. The Labute approximate surface area is 187 Å². The van der Waals surface area contributed by atoms with E-state index in [1.54, 1.807) is 36.4 Å². The standard InChI is InChI=1S/C24H16ClF2N3O2/c1-31-22-10-14(9-18(25)23(22)32-13-15-4-2-3-5-19(15)27)8-16(12-28)24-29-20-7-6-17(26)11-21(20)30-24/h2-11H,13H2,1H3,(H,29,30)/b16-8-. The molecule has 0 fully saturated rings. The van der Waals surface area contributed by atoms with Crippen LogP contribution in [0.15, 0.2) is 54.6 Å². The van der Waals surface area contributed by atoms with Gasteiger partial charge in [0, 0.05) is 5.56 Å². The number of methoxy groups -OCH3 is 1. The minimum atomic E-state index is -0.405. The third kappa shape index (κ3) is 4.41. The Balaban J connectivity index is 1.65. The number of halogens is 3.